The zero-order valence-electron chi connectivity index (χ0n) is 19.0. The molecule has 1 aliphatic heterocycles. The number of nitrogens with zero attached hydrogens (tertiary/aromatic N) is 2. The van der Waals surface area contributed by atoms with Crippen LogP contribution in [0.15, 0.2) is 42.5 Å². The summed E-state index contributed by atoms with van der Waals surface area (Å²) >= 11 is 0. The summed E-state index contributed by atoms with van der Waals surface area (Å²) in [6.07, 6.45) is 2.18. The smallest absolute Gasteiger partial charge is 0.410 e. The van der Waals surface area contributed by atoms with E-state index >= 15 is 0 Å². The molecular formula is C25H34N2O4. The number of hydrogen-bond acceptors (Lipinski definition) is 5. The van der Waals surface area contributed by atoms with Gasteiger partial charge in [0.25, 0.3) is 0 Å². The van der Waals surface area contributed by atoms with E-state index in [1.54, 1.807) is 4.90 Å². The zero-order valence-corrected chi connectivity index (χ0v) is 19.0. The topological polar surface area (TPSA) is 71.9 Å². The lowest BCUT2D eigenvalue weighted by Crippen LogP contribution is -2.46. The highest BCUT2D eigenvalue weighted by Gasteiger charge is 2.36. The molecule has 6 nitrogen and oxygen atoms in total. The van der Waals surface area contributed by atoms with Crippen molar-refractivity contribution < 1.29 is 19.4 Å². The molecule has 1 aromatic carbocycles. The number of likely N-dealkylation sites (tertiary alicyclic amines) is 1. The lowest BCUT2D eigenvalue weighted by molar-refractivity contribution is -0.00725. The van der Waals surface area contributed by atoms with Crippen LogP contribution in [0, 0.1) is 6.92 Å². The number of aliphatic hydroxyl groups is 1. The van der Waals surface area contributed by atoms with Gasteiger partial charge in [0.05, 0.1) is 6.04 Å². The van der Waals surface area contributed by atoms with Gasteiger partial charge in [0.15, 0.2) is 0 Å². The number of rotatable bonds is 5. The normalized spacial score (nSPS) is 18.2. The minimum Gasteiger partial charge on any atom is -0.487 e. The summed E-state index contributed by atoms with van der Waals surface area (Å²) in [6, 6.07) is 13.2. The fourth-order valence-corrected chi connectivity index (χ4v) is 3.83. The van der Waals surface area contributed by atoms with Crippen molar-refractivity contribution in [2.75, 3.05) is 6.54 Å². The summed E-state index contributed by atoms with van der Waals surface area (Å²) in [5.74, 6) is 0.537. The van der Waals surface area contributed by atoms with E-state index in [0.29, 0.717) is 31.0 Å². The van der Waals surface area contributed by atoms with E-state index in [4.69, 9.17) is 9.47 Å². The summed E-state index contributed by atoms with van der Waals surface area (Å²) in [5, 5.41) is 11.4. The van der Waals surface area contributed by atoms with Gasteiger partial charge < -0.3 is 19.5 Å². The maximum absolute atomic E-state index is 12.9. The molecule has 2 aromatic rings. The fourth-order valence-electron chi connectivity index (χ4n) is 3.83. The maximum Gasteiger partial charge on any atom is 0.410 e. The molecule has 1 fully saturated rings. The van der Waals surface area contributed by atoms with Crippen LogP contribution < -0.4 is 4.74 Å². The molecule has 2 atom stereocenters. The Morgan fingerprint density at radius 2 is 1.90 bits per heavy atom. The van der Waals surface area contributed by atoms with Gasteiger partial charge in [-0.15, -0.1) is 0 Å². The highest BCUT2D eigenvalue weighted by atomic mass is 16.6. The average molecular weight is 427 g/mol. The molecular weight excluding hydrogens is 392 g/mol. The monoisotopic (exact) mass is 426 g/mol. The van der Waals surface area contributed by atoms with Crippen molar-refractivity contribution in [2.24, 2.45) is 0 Å². The third kappa shape index (κ3) is 6.44. The van der Waals surface area contributed by atoms with E-state index in [1.165, 1.54) is 0 Å². The van der Waals surface area contributed by atoms with Crippen molar-refractivity contribution >= 4 is 6.09 Å². The molecule has 0 aliphatic carbocycles. The van der Waals surface area contributed by atoms with Gasteiger partial charge in [-0.25, -0.2) is 4.79 Å². The number of aliphatic hydroxyl groups excluding tert-OH is 1. The van der Waals surface area contributed by atoms with Crippen molar-refractivity contribution in [2.45, 2.75) is 77.7 Å². The van der Waals surface area contributed by atoms with Crippen LogP contribution in [-0.2, 0) is 11.3 Å². The van der Waals surface area contributed by atoms with Gasteiger partial charge >= 0.3 is 6.09 Å². The predicted molar refractivity (Wildman–Crippen MR) is 120 cm³/mol. The van der Waals surface area contributed by atoms with Crippen LogP contribution in [0.1, 0.15) is 69.5 Å². The first-order valence-corrected chi connectivity index (χ1v) is 11.1. The molecule has 168 valence electrons. The SMILES string of the molecule is Cc1ccc(OCc2ccccc2)c(C(O)C2CCCCCN2C(=O)OC(C)(C)C)n1. The number of amides is 1. The van der Waals surface area contributed by atoms with E-state index in [2.05, 4.69) is 4.98 Å². The number of ether oxygens (including phenoxy) is 2. The number of benzene rings is 1. The van der Waals surface area contributed by atoms with Crippen LogP contribution in [0.2, 0.25) is 0 Å². The Bertz CT molecular complexity index is 864. The predicted octanol–water partition coefficient (Wildman–Crippen LogP) is 5.18. The molecule has 31 heavy (non-hydrogen) atoms. The molecule has 3 rings (SSSR count). The first-order chi connectivity index (χ1) is 14.7. The Kier molecular flexibility index (Phi) is 7.55. The Balaban J connectivity index is 1.85. The Morgan fingerprint density at radius 1 is 1.16 bits per heavy atom. The summed E-state index contributed by atoms with van der Waals surface area (Å²) in [4.78, 5) is 19.2. The molecule has 1 aliphatic rings. The lowest BCUT2D eigenvalue weighted by atomic mass is 10.00. The van der Waals surface area contributed by atoms with Crippen LogP contribution in [0.5, 0.6) is 5.75 Å². The Morgan fingerprint density at radius 3 is 2.61 bits per heavy atom. The number of aromatic nitrogens is 1. The number of aryl methyl sites for hydroxylation is 1. The van der Waals surface area contributed by atoms with Crippen molar-refractivity contribution in [3.63, 3.8) is 0 Å². The van der Waals surface area contributed by atoms with Crippen molar-refractivity contribution in [1.82, 2.24) is 9.88 Å². The highest BCUT2D eigenvalue weighted by Crippen LogP contribution is 2.33. The third-order valence-corrected chi connectivity index (χ3v) is 5.33. The van der Waals surface area contributed by atoms with Gasteiger partial charge in [-0.1, -0.05) is 43.2 Å². The first-order valence-electron chi connectivity index (χ1n) is 11.1. The van der Waals surface area contributed by atoms with Crippen LogP contribution >= 0.6 is 0 Å². The molecule has 1 N–H and O–H groups in total. The largest absolute Gasteiger partial charge is 0.487 e. The number of pyridine rings is 1. The van der Waals surface area contributed by atoms with Crippen LogP contribution in [0.4, 0.5) is 4.79 Å². The lowest BCUT2D eigenvalue weighted by Gasteiger charge is -2.35. The highest BCUT2D eigenvalue weighted by molar-refractivity contribution is 5.68. The summed E-state index contributed by atoms with van der Waals surface area (Å²) in [6.45, 7) is 8.38. The van der Waals surface area contributed by atoms with Gasteiger partial charge in [0.2, 0.25) is 0 Å². The van der Waals surface area contributed by atoms with Gasteiger partial charge in [-0.2, -0.15) is 0 Å². The minimum absolute atomic E-state index is 0.381. The molecule has 0 radical (unpaired) electrons. The molecule has 2 heterocycles. The molecule has 0 spiro atoms. The second kappa shape index (κ2) is 10.1. The average Bonchev–Trinajstić information content (AvgIpc) is 2.98. The summed E-state index contributed by atoms with van der Waals surface area (Å²) in [7, 11) is 0. The van der Waals surface area contributed by atoms with E-state index in [-0.39, 0.29) is 0 Å². The van der Waals surface area contributed by atoms with E-state index < -0.39 is 23.8 Å². The minimum atomic E-state index is -0.962. The van der Waals surface area contributed by atoms with Crippen LogP contribution in [0.3, 0.4) is 0 Å². The van der Waals surface area contributed by atoms with Gasteiger partial charge in [-0.3, -0.25) is 4.98 Å². The molecule has 1 aromatic heterocycles. The maximum atomic E-state index is 12.9. The Labute approximate surface area is 185 Å². The van der Waals surface area contributed by atoms with Gasteiger partial charge in [0.1, 0.15) is 29.8 Å². The van der Waals surface area contributed by atoms with Crippen molar-refractivity contribution in [3.05, 3.63) is 59.4 Å². The Hall–Kier alpha value is -2.60. The van der Waals surface area contributed by atoms with Crippen LogP contribution in [-0.4, -0.2) is 39.3 Å². The van der Waals surface area contributed by atoms with E-state index in [0.717, 1.165) is 30.5 Å². The first kappa shape index (κ1) is 23.1. The fraction of sp³-hybridized carbons (Fsp3) is 0.520. The number of carbonyl (C=O) groups is 1. The van der Waals surface area contributed by atoms with Crippen molar-refractivity contribution in [1.29, 1.82) is 0 Å². The standard InChI is InChI=1S/C25H34N2O4/c1-18-14-15-21(30-17-19-11-7-5-8-12-19)22(26-18)23(28)20-13-9-6-10-16-27(20)24(29)31-25(2,3)4/h5,7-8,11-12,14-15,20,23,28H,6,9-10,13,16-17H2,1-4H3. The molecule has 1 amide bonds. The number of hydrogen-bond donors (Lipinski definition) is 1. The third-order valence-electron chi connectivity index (χ3n) is 5.33. The zero-order chi connectivity index (χ0) is 22.4. The summed E-state index contributed by atoms with van der Waals surface area (Å²) in [5.41, 5.74) is 1.70. The molecule has 0 saturated carbocycles. The molecule has 0 bridgehead atoms. The van der Waals surface area contributed by atoms with Crippen molar-refractivity contribution in [3.8, 4) is 5.75 Å². The van der Waals surface area contributed by atoms with Gasteiger partial charge in [0, 0.05) is 12.2 Å². The molecule has 2 unspecified atom stereocenters. The van der Waals surface area contributed by atoms with Gasteiger partial charge in [-0.05, 0) is 58.2 Å². The second-order valence-corrected chi connectivity index (χ2v) is 9.15. The number of carbonyl (C=O) groups excluding carboxylic acids is 1. The molecule has 6 heteroatoms. The quantitative estimate of drug-likeness (QED) is 0.713. The van der Waals surface area contributed by atoms with E-state index in [1.807, 2.05) is 70.2 Å². The second-order valence-electron chi connectivity index (χ2n) is 9.15. The van der Waals surface area contributed by atoms with Crippen LogP contribution in [0.25, 0.3) is 0 Å². The van der Waals surface area contributed by atoms with E-state index in [9.17, 15) is 9.90 Å². The molecule has 1 saturated heterocycles. The summed E-state index contributed by atoms with van der Waals surface area (Å²) < 4.78 is 11.7.